The molecule has 2 rings (SSSR count). The van der Waals surface area contributed by atoms with E-state index in [0.29, 0.717) is 17.2 Å². The second-order valence-corrected chi connectivity index (χ2v) is 4.19. The average Bonchev–Trinajstić information content (AvgIpc) is 2.33. The van der Waals surface area contributed by atoms with E-state index in [4.69, 9.17) is 5.11 Å². The van der Waals surface area contributed by atoms with Gasteiger partial charge in [0.1, 0.15) is 11.6 Å². The molecule has 19 heavy (non-hydrogen) atoms. The fourth-order valence-corrected chi connectivity index (χ4v) is 1.78. The number of pyridine rings is 1. The number of halogens is 1. The lowest BCUT2D eigenvalue weighted by Gasteiger charge is -2.11. The molecule has 0 fully saturated rings. The highest BCUT2D eigenvalue weighted by Gasteiger charge is 2.10. The zero-order valence-electron chi connectivity index (χ0n) is 10.6. The topological polar surface area (TPSA) is 62.2 Å². The highest BCUT2D eigenvalue weighted by atomic mass is 19.1. The number of hydrogen-bond donors (Lipinski definition) is 2. The van der Waals surface area contributed by atoms with Crippen molar-refractivity contribution in [2.75, 3.05) is 5.32 Å². The summed E-state index contributed by atoms with van der Waals surface area (Å²) in [4.78, 5) is 15.0. The Bertz CT molecular complexity index is 621. The standard InChI is InChI=1S/C14H13FN2O2/c1-8-4-3-5-11(15)13(8)17-12-7-6-10(14(18)19)9(2)16-12/h3-7H,1-2H3,(H,16,17)(H,18,19). The van der Waals surface area contributed by atoms with Gasteiger partial charge in [-0.15, -0.1) is 0 Å². The second kappa shape index (κ2) is 5.06. The predicted octanol–water partition coefficient (Wildman–Crippen LogP) is 3.28. The van der Waals surface area contributed by atoms with Crippen molar-refractivity contribution >= 4 is 17.5 Å². The largest absolute Gasteiger partial charge is 0.478 e. The van der Waals surface area contributed by atoms with Gasteiger partial charge in [0, 0.05) is 0 Å². The van der Waals surface area contributed by atoms with Crippen molar-refractivity contribution in [2.24, 2.45) is 0 Å². The molecule has 1 aromatic carbocycles. The smallest absolute Gasteiger partial charge is 0.337 e. The molecule has 2 N–H and O–H groups in total. The number of aromatic nitrogens is 1. The Hall–Kier alpha value is -2.43. The van der Waals surface area contributed by atoms with Crippen LogP contribution in [0.25, 0.3) is 0 Å². The number of nitrogens with one attached hydrogen (secondary N) is 1. The van der Waals surface area contributed by atoms with Crippen LogP contribution in [0.3, 0.4) is 0 Å². The Balaban J connectivity index is 2.34. The molecule has 0 atom stereocenters. The molecule has 98 valence electrons. The summed E-state index contributed by atoms with van der Waals surface area (Å²) >= 11 is 0. The van der Waals surface area contributed by atoms with Gasteiger partial charge >= 0.3 is 5.97 Å². The van der Waals surface area contributed by atoms with Crippen LogP contribution in [0.4, 0.5) is 15.9 Å². The van der Waals surface area contributed by atoms with Crippen LogP contribution in [0, 0.1) is 19.7 Å². The number of aryl methyl sites for hydroxylation is 2. The molecule has 0 amide bonds. The zero-order valence-corrected chi connectivity index (χ0v) is 10.6. The summed E-state index contributed by atoms with van der Waals surface area (Å²) in [7, 11) is 0. The van der Waals surface area contributed by atoms with Crippen molar-refractivity contribution < 1.29 is 14.3 Å². The first-order chi connectivity index (χ1) is 8.99. The molecule has 0 unspecified atom stereocenters. The maximum absolute atomic E-state index is 13.7. The van der Waals surface area contributed by atoms with E-state index in [0.717, 1.165) is 5.56 Å². The van der Waals surface area contributed by atoms with Gasteiger partial charge in [-0.25, -0.2) is 14.2 Å². The number of carbonyl (C=O) groups is 1. The maximum atomic E-state index is 13.7. The highest BCUT2D eigenvalue weighted by Crippen LogP contribution is 2.23. The van der Waals surface area contributed by atoms with Gasteiger partial charge in [-0.05, 0) is 37.6 Å². The van der Waals surface area contributed by atoms with Crippen molar-refractivity contribution in [2.45, 2.75) is 13.8 Å². The number of benzene rings is 1. The second-order valence-electron chi connectivity index (χ2n) is 4.19. The Morgan fingerprint density at radius 1 is 1.26 bits per heavy atom. The minimum absolute atomic E-state index is 0.135. The van der Waals surface area contributed by atoms with E-state index in [1.54, 1.807) is 26.0 Å². The van der Waals surface area contributed by atoms with Gasteiger partial charge in [0.15, 0.2) is 0 Å². The number of para-hydroxylation sites is 1. The summed E-state index contributed by atoms with van der Waals surface area (Å²) in [5, 5.41) is 11.8. The van der Waals surface area contributed by atoms with Gasteiger partial charge in [-0.1, -0.05) is 12.1 Å². The van der Waals surface area contributed by atoms with E-state index < -0.39 is 5.97 Å². The van der Waals surface area contributed by atoms with Crippen molar-refractivity contribution in [3.05, 3.63) is 53.0 Å². The third-order valence-corrected chi connectivity index (χ3v) is 2.79. The summed E-state index contributed by atoms with van der Waals surface area (Å²) in [5.41, 5.74) is 1.61. The minimum Gasteiger partial charge on any atom is -0.478 e. The predicted molar refractivity (Wildman–Crippen MR) is 70.4 cm³/mol. The van der Waals surface area contributed by atoms with Crippen molar-refractivity contribution in [1.82, 2.24) is 4.98 Å². The van der Waals surface area contributed by atoms with Gasteiger partial charge in [0.25, 0.3) is 0 Å². The summed E-state index contributed by atoms with van der Waals surface area (Å²) in [6, 6.07) is 7.73. The molecule has 1 heterocycles. The number of rotatable bonds is 3. The molecular weight excluding hydrogens is 247 g/mol. The Morgan fingerprint density at radius 3 is 2.58 bits per heavy atom. The van der Waals surface area contributed by atoms with Crippen LogP contribution in [-0.4, -0.2) is 16.1 Å². The van der Waals surface area contributed by atoms with E-state index in [9.17, 15) is 9.18 Å². The maximum Gasteiger partial charge on any atom is 0.337 e. The fourth-order valence-electron chi connectivity index (χ4n) is 1.78. The minimum atomic E-state index is -1.03. The van der Waals surface area contributed by atoms with E-state index in [1.165, 1.54) is 18.2 Å². The van der Waals surface area contributed by atoms with Crippen LogP contribution < -0.4 is 5.32 Å². The highest BCUT2D eigenvalue weighted by molar-refractivity contribution is 5.89. The van der Waals surface area contributed by atoms with Gasteiger partial charge in [0.05, 0.1) is 16.9 Å². The lowest BCUT2D eigenvalue weighted by molar-refractivity contribution is 0.0695. The molecule has 2 aromatic rings. The van der Waals surface area contributed by atoms with Gasteiger partial charge in [-0.2, -0.15) is 0 Å². The van der Waals surface area contributed by atoms with E-state index in [1.807, 2.05) is 0 Å². The zero-order chi connectivity index (χ0) is 14.0. The van der Waals surface area contributed by atoms with Crippen LogP contribution >= 0.6 is 0 Å². The van der Waals surface area contributed by atoms with Gasteiger partial charge in [-0.3, -0.25) is 0 Å². The average molecular weight is 260 g/mol. The Kier molecular flexibility index (Phi) is 3.46. The molecule has 0 spiro atoms. The third kappa shape index (κ3) is 2.70. The van der Waals surface area contributed by atoms with Crippen LogP contribution in [0.15, 0.2) is 30.3 Å². The first kappa shape index (κ1) is 13.0. The summed E-state index contributed by atoms with van der Waals surface area (Å²) in [5.74, 6) is -0.990. The monoisotopic (exact) mass is 260 g/mol. The van der Waals surface area contributed by atoms with Gasteiger partial charge < -0.3 is 10.4 Å². The molecule has 0 radical (unpaired) electrons. The molecule has 1 aromatic heterocycles. The summed E-state index contributed by atoms with van der Waals surface area (Å²) < 4.78 is 13.7. The number of aromatic carboxylic acids is 1. The first-order valence-electron chi connectivity index (χ1n) is 5.72. The quantitative estimate of drug-likeness (QED) is 0.889. The normalized spacial score (nSPS) is 10.3. The fraction of sp³-hybridized carbons (Fsp3) is 0.143. The summed E-state index contributed by atoms with van der Waals surface area (Å²) in [6.45, 7) is 3.38. The van der Waals surface area contributed by atoms with Crippen LogP contribution in [0.5, 0.6) is 0 Å². The van der Waals surface area contributed by atoms with Crippen LogP contribution in [0.1, 0.15) is 21.6 Å². The molecule has 0 aliphatic rings. The van der Waals surface area contributed by atoms with Crippen LogP contribution in [0.2, 0.25) is 0 Å². The lowest BCUT2D eigenvalue weighted by atomic mass is 10.2. The number of nitrogens with zero attached hydrogens (tertiary/aromatic N) is 1. The van der Waals surface area contributed by atoms with Crippen molar-refractivity contribution in [1.29, 1.82) is 0 Å². The van der Waals surface area contributed by atoms with Gasteiger partial charge in [0.2, 0.25) is 0 Å². The molecule has 0 aliphatic heterocycles. The third-order valence-electron chi connectivity index (χ3n) is 2.79. The number of carboxylic acids is 1. The molecule has 0 saturated heterocycles. The Morgan fingerprint density at radius 2 is 2.00 bits per heavy atom. The SMILES string of the molecule is Cc1cccc(F)c1Nc1ccc(C(=O)O)c(C)n1. The van der Waals surface area contributed by atoms with E-state index in [2.05, 4.69) is 10.3 Å². The van der Waals surface area contributed by atoms with E-state index >= 15 is 0 Å². The molecular formula is C14H13FN2O2. The molecule has 4 nitrogen and oxygen atoms in total. The lowest BCUT2D eigenvalue weighted by Crippen LogP contribution is -2.04. The molecule has 0 saturated carbocycles. The number of anilines is 2. The van der Waals surface area contributed by atoms with Crippen LogP contribution in [-0.2, 0) is 0 Å². The summed E-state index contributed by atoms with van der Waals surface area (Å²) in [6.07, 6.45) is 0. The first-order valence-corrected chi connectivity index (χ1v) is 5.72. The number of carboxylic acid groups (broad SMARTS) is 1. The molecule has 0 bridgehead atoms. The Labute approximate surface area is 109 Å². The van der Waals surface area contributed by atoms with E-state index in [-0.39, 0.29) is 11.4 Å². The molecule has 5 heteroatoms. The van der Waals surface area contributed by atoms with Crippen molar-refractivity contribution in [3.8, 4) is 0 Å². The van der Waals surface area contributed by atoms with Crippen molar-refractivity contribution in [3.63, 3.8) is 0 Å². The number of hydrogen-bond acceptors (Lipinski definition) is 3. The molecule has 0 aliphatic carbocycles.